The number of aromatic nitrogens is 5. The average molecular weight is 361 g/mol. The highest BCUT2D eigenvalue weighted by molar-refractivity contribution is 7.14. The van der Waals surface area contributed by atoms with Crippen LogP contribution in [0.5, 0.6) is 0 Å². The standard InChI is InChI=1S/C14H15N7OS2/c22-13(7-21-10-15-17-18-21)19-2-4-20(5-3-19)14-16-12(9-24-14)11-1-6-23-8-11/h1,6,8-10H,2-5,7H2. The topological polar surface area (TPSA) is 80.0 Å². The van der Waals surface area contributed by atoms with E-state index in [0.29, 0.717) is 13.1 Å². The van der Waals surface area contributed by atoms with Crippen molar-refractivity contribution in [2.45, 2.75) is 6.54 Å². The molecule has 8 nitrogen and oxygen atoms in total. The van der Waals surface area contributed by atoms with Crippen molar-refractivity contribution in [1.29, 1.82) is 0 Å². The number of piperazine rings is 1. The molecule has 0 spiro atoms. The maximum absolute atomic E-state index is 12.2. The number of carbonyl (C=O) groups excluding carboxylic acids is 1. The van der Waals surface area contributed by atoms with Gasteiger partial charge in [-0.3, -0.25) is 4.79 Å². The molecule has 0 unspecified atom stereocenters. The van der Waals surface area contributed by atoms with Crippen molar-refractivity contribution >= 4 is 33.7 Å². The summed E-state index contributed by atoms with van der Waals surface area (Å²) in [6.45, 7) is 3.14. The van der Waals surface area contributed by atoms with Crippen molar-refractivity contribution in [3.05, 3.63) is 28.5 Å². The van der Waals surface area contributed by atoms with Gasteiger partial charge in [-0.2, -0.15) is 11.3 Å². The molecule has 1 saturated heterocycles. The Morgan fingerprint density at radius 1 is 1.21 bits per heavy atom. The molecule has 0 radical (unpaired) electrons. The van der Waals surface area contributed by atoms with Crippen LogP contribution in [-0.4, -0.2) is 62.2 Å². The number of carbonyl (C=O) groups is 1. The minimum Gasteiger partial charge on any atom is -0.345 e. The lowest BCUT2D eigenvalue weighted by molar-refractivity contribution is -0.132. The van der Waals surface area contributed by atoms with Crippen molar-refractivity contribution in [3.63, 3.8) is 0 Å². The summed E-state index contributed by atoms with van der Waals surface area (Å²) in [6, 6.07) is 2.08. The number of tetrazole rings is 1. The van der Waals surface area contributed by atoms with Gasteiger partial charge in [-0.1, -0.05) is 0 Å². The minimum atomic E-state index is 0.0417. The van der Waals surface area contributed by atoms with Crippen molar-refractivity contribution in [2.24, 2.45) is 0 Å². The van der Waals surface area contributed by atoms with E-state index in [2.05, 4.69) is 42.6 Å². The predicted molar refractivity (Wildman–Crippen MR) is 92.0 cm³/mol. The van der Waals surface area contributed by atoms with E-state index in [1.54, 1.807) is 22.7 Å². The highest BCUT2D eigenvalue weighted by Gasteiger charge is 2.23. The number of hydrogen-bond acceptors (Lipinski definition) is 8. The summed E-state index contributed by atoms with van der Waals surface area (Å²) in [5.74, 6) is 0.0417. The molecule has 0 N–H and O–H groups in total. The molecular weight excluding hydrogens is 346 g/mol. The SMILES string of the molecule is O=C(Cn1cnnn1)N1CCN(c2nc(-c3ccsc3)cs2)CC1. The third kappa shape index (κ3) is 3.15. The van der Waals surface area contributed by atoms with E-state index in [1.165, 1.54) is 11.0 Å². The summed E-state index contributed by atoms with van der Waals surface area (Å²) < 4.78 is 1.45. The van der Waals surface area contributed by atoms with Crippen LogP contribution in [-0.2, 0) is 11.3 Å². The summed E-state index contributed by atoms with van der Waals surface area (Å²) in [4.78, 5) is 21.1. The van der Waals surface area contributed by atoms with E-state index in [0.717, 1.165) is 29.5 Å². The second-order valence-electron chi connectivity index (χ2n) is 5.40. The Hall–Kier alpha value is -2.33. The van der Waals surface area contributed by atoms with Gasteiger partial charge in [-0.15, -0.1) is 16.4 Å². The second kappa shape index (κ2) is 6.65. The number of anilines is 1. The van der Waals surface area contributed by atoms with E-state index < -0.39 is 0 Å². The van der Waals surface area contributed by atoms with Gasteiger partial charge < -0.3 is 9.80 Å². The lowest BCUT2D eigenvalue weighted by Crippen LogP contribution is -2.49. The monoisotopic (exact) mass is 361 g/mol. The van der Waals surface area contributed by atoms with Crippen LogP contribution in [0.25, 0.3) is 11.3 Å². The normalized spacial score (nSPS) is 15.0. The molecule has 4 rings (SSSR count). The first kappa shape index (κ1) is 15.2. The first-order valence-corrected chi connectivity index (χ1v) is 9.33. The van der Waals surface area contributed by atoms with E-state index in [-0.39, 0.29) is 12.5 Å². The van der Waals surface area contributed by atoms with Crippen LogP contribution in [0.2, 0.25) is 0 Å². The van der Waals surface area contributed by atoms with Gasteiger partial charge in [0.2, 0.25) is 5.91 Å². The van der Waals surface area contributed by atoms with Gasteiger partial charge in [-0.25, -0.2) is 9.67 Å². The van der Waals surface area contributed by atoms with Crippen molar-refractivity contribution < 1.29 is 4.79 Å². The molecule has 0 bridgehead atoms. The smallest absolute Gasteiger partial charge is 0.244 e. The molecule has 1 fully saturated rings. The van der Waals surface area contributed by atoms with Gasteiger partial charge in [0.1, 0.15) is 12.9 Å². The number of thiazole rings is 1. The van der Waals surface area contributed by atoms with E-state index in [4.69, 9.17) is 4.98 Å². The molecule has 3 aromatic rings. The first-order valence-electron chi connectivity index (χ1n) is 7.51. The molecule has 1 aliphatic heterocycles. The zero-order chi connectivity index (χ0) is 16.4. The van der Waals surface area contributed by atoms with Crippen molar-refractivity contribution in [2.75, 3.05) is 31.1 Å². The average Bonchev–Trinajstić information content (AvgIpc) is 3.36. The summed E-state index contributed by atoms with van der Waals surface area (Å²) in [5, 5.41) is 18.1. The maximum atomic E-state index is 12.2. The fourth-order valence-corrected chi connectivity index (χ4v) is 4.13. The summed E-state index contributed by atoms with van der Waals surface area (Å²) in [6.07, 6.45) is 1.45. The highest BCUT2D eigenvalue weighted by Crippen LogP contribution is 2.29. The van der Waals surface area contributed by atoms with Gasteiger partial charge in [-0.05, 0) is 21.9 Å². The summed E-state index contributed by atoms with van der Waals surface area (Å²) >= 11 is 3.33. The Morgan fingerprint density at radius 3 is 2.79 bits per heavy atom. The molecule has 0 saturated carbocycles. The van der Waals surface area contributed by atoms with Gasteiger partial charge in [0.15, 0.2) is 5.13 Å². The van der Waals surface area contributed by atoms with Crippen LogP contribution in [0, 0.1) is 0 Å². The molecule has 124 valence electrons. The Labute approximate surface area is 146 Å². The van der Waals surface area contributed by atoms with Crippen LogP contribution in [0.15, 0.2) is 28.5 Å². The summed E-state index contributed by atoms with van der Waals surface area (Å²) in [5.41, 5.74) is 2.19. The molecule has 0 aromatic carbocycles. The zero-order valence-corrected chi connectivity index (χ0v) is 14.4. The van der Waals surface area contributed by atoms with E-state index in [1.807, 2.05) is 4.90 Å². The largest absolute Gasteiger partial charge is 0.345 e. The molecule has 3 aromatic heterocycles. The molecule has 0 atom stereocenters. The highest BCUT2D eigenvalue weighted by atomic mass is 32.1. The van der Waals surface area contributed by atoms with Gasteiger partial charge >= 0.3 is 0 Å². The van der Waals surface area contributed by atoms with Crippen LogP contribution in [0.3, 0.4) is 0 Å². The van der Waals surface area contributed by atoms with Crippen LogP contribution >= 0.6 is 22.7 Å². The maximum Gasteiger partial charge on any atom is 0.244 e. The molecule has 10 heteroatoms. The Kier molecular flexibility index (Phi) is 4.22. The van der Waals surface area contributed by atoms with Crippen molar-refractivity contribution in [3.8, 4) is 11.3 Å². The van der Waals surface area contributed by atoms with Gasteiger partial charge in [0.05, 0.1) is 5.69 Å². The van der Waals surface area contributed by atoms with Crippen LogP contribution in [0.1, 0.15) is 0 Å². The molecule has 0 aliphatic carbocycles. The second-order valence-corrected chi connectivity index (χ2v) is 7.02. The van der Waals surface area contributed by atoms with Gasteiger partial charge in [0.25, 0.3) is 0 Å². The molecule has 4 heterocycles. The Bertz CT molecular complexity index is 791. The van der Waals surface area contributed by atoms with Crippen LogP contribution in [0.4, 0.5) is 5.13 Å². The number of amides is 1. The fourth-order valence-electron chi connectivity index (χ4n) is 2.59. The predicted octanol–water partition coefficient (Wildman–Crippen LogP) is 1.21. The first-order chi connectivity index (χ1) is 11.8. The zero-order valence-electron chi connectivity index (χ0n) is 12.8. The number of rotatable bonds is 4. The van der Waals surface area contributed by atoms with Crippen molar-refractivity contribution in [1.82, 2.24) is 30.1 Å². The van der Waals surface area contributed by atoms with Gasteiger partial charge in [0, 0.05) is 42.5 Å². The third-order valence-corrected chi connectivity index (χ3v) is 5.49. The number of thiophene rings is 1. The Balaban J connectivity index is 1.35. The fraction of sp³-hybridized carbons (Fsp3) is 0.357. The quantitative estimate of drug-likeness (QED) is 0.695. The lowest BCUT2D eigenvalue weighted by Gasteiger charge is -2.34. The number of hydrogen-bond donors (Lipinski definition) is 0. The van der Waals surface area contributed by atoms with E-state index in [9.17, 15) is 4.79 Å². The minimum absolute atomic E-state index is 0.0417. The lowest BCUT2D eigenvalue weighted by atomic mass is 10.3. The Morgan fingerprint density at radius 2 is 2.08 bits per heavy atom. The molecular formula is C14H15N7OS2. The molecule has 1 aliphatic rings. The number of nitrogens with zero attached hydrogens (tertiary/aromatic N) is 7. The van der Waals surface area contributed by atoms with Crippen LogP contribution < -0.4 is 4.90 Å². The molecule has 1 amide bonds. The third-order valence-electron chi connectivity index (χ3n) is 3.90. The molecule has 24 heavy (non-hydrogen) atoms. The van der Waals surface area contributed by atoms with E-state index >= 15 is 0 Å². The summed E-state index contributed by atoms with van der Waals surface area (Å²) in [7, 11) is 0.